The lowest BCUT2D eigenvalue weighted by atomic mass is 10.1. The Balaban J connectivity index is 2.46. The van der Waals surface area contributed by atoms with Crippen LogP contribution in [0, 0.1) is 5.92 Å². The van der Waals surface area contributed by atoms with E-state index in [0.717, 1.165) is 6.42 Å². The van der Waals surface area contributed by atoms with E-state index in [9.17, 15) is 13.2 Å². The summed E-state index contributed by atoms with van der Waals surface area (Å²) in [6.07, 6.45) is -2.27. The monoisotopic (exact) mass is 264 g/mol. The summed E-state index contributed by atoms with van der Waals surface area (Å²) in [7, 11) is 0. The van der Waals surface area contributed by atoms with Crippen LogP contribution in [-0.4, -0.2) is 29.4 Å². The third-order valence-corrected chi connectivity index (χ3v) is 1.92. The Morgan fingerprint density at radius 2 is 2.00 bits per heavy atom. The molecule has 0 spiro atoms. The van der Waals surface area contributed by atoms with Crippen molar-refractivity contribution in [3.8, 4) is 11.9 Å². The zero-order valence-corrected chi connectivity index (χ0v) is 10.2. The van der Waals surface area contributed by atoms with Gasteiger partial charge in [-0.1, -0.05) is 13.8 Å². The first-order valence-corrected chi connectivity index (χ1v) is 5.52. The summed E-state index contributed by atoms with van der Waals surface area (Å²) in [6, 6.07) is 1.27. The van der Waals surface area contributed by atoms with Crippen molar-refractivity contribution < 1.29 is 22.6 Å². The fraction of sp³-hybridized carbons (Fsp3) is 0.636. The van der Waals surface area contributed by atoms with Crippen LogP contribution < -0.4 is 9.47 Å². The van der Waals surface area contributed by atoms with Gasteiger partial charge in [0.05, 0.1) is 6.61 Å². The van der Waals surface area contributed by atoms with Crippen LogP contribution in [0.4, 0.5) is 13.2 Å². The third-order valence-electron chi connectivity index (χ3n) is 1.92. The van der Waals surface area contributed by atoms with Crippen LogP contribution >= 0.6 is 0 Å². The molecule has 0 atom stereocenters. The minimum Gasteiger partial charge on any atom is -0.468 e. The first-order chi connectivity index (χ1) is 8.37. The summed E-state index contributed by atoms with van der Waals surface area (Å²) >= 11 is 0. The van der Waals surface area contributed by atoms with Crippen LogP contribution in [0.5, 0.6) is 11.9 Å². The molecule has 4 nitrogen and oxygen atoms in total. The number of rotatable bonds is 6. The van der Waals surface area contributed by atoms with Crippen molar-refractivity contribution in [3.63, 3.8) is 0 Å². The highest BCUT2D eigenvalue weighted by Crippen LogP contribution is 2.17. The minimum absolute atomic E-state index is 0.0234. The Bertz CT molecular complexity index is 370. The molecule has 1 rings (SSSR count). The predicted octanol–water partition coefficient (Wildman–Crippen LogP) is 2.84. The van der Waals surface area contributed by atoms with Crippen molar-refractivity contribution >= 4 is 0 Å². The molecule has 0 aliphatic carbocycles. The van der Waals surface area contributed by atoms with Gasteiger partial charge in [-0.25, -0.2) is 4.98 Å². The molecule has 1 aromatic heterocycles. The SMILES string of the molecule is CC(C)CCOc1nccc(OCC(F)(F)F)n1. The predicted molar refractivity (Wildman–Crippen MR) is 58.5 cm³/mol. The van der Waals surface area contributed by atoms with Crippen LogP contribution in [0.15, 0.2) is 12.3 Å². The van der Waals surface area contributed by atoms with Gasteiger partial charge in [0.25, 0.3) is 0 Å². The van der Waals surface area contributed by atoms with Gasteiger partial charge >= 0.3 is 12.2 Å². The smallest absolute Gasteiger partial charge is 0.422 e. The molecule has 1 aromatic rings. The second kappa shape index (κ2) is 6.42. The van der Waals surface area contributed by atoms with Gasteiger partial charge < -0.3 is 9.47 Å². The van der Waals surface area contributed by atoms with Crippen LogP contribution in [0.1, 0.15) is 20.3 Å². The number of ether oxygens (including phenoxy) is 2. The highest BCUT2D eigenvalue weighted by molar-refractivity contribution is 5.11. The highest BCUT2D eigenvalue weighted by atomic mass is 19.4. The normalized spacial score (nSPS) is 11.7. The summed E-state index contributed by atoms with van der Waals surface area (Å²) in [6.45, 7) is 3.11. The number of aromatic nitrogens is 2. The van der Waals surface area contributed by atoms with Gasteiger partial charge in [-0.05, 0) is 12.3 Å². The molecular formula is C11H15F3N2O2. The molecule has 0 saturated heterocycles. The van der Waals surface area contributed by atoms with E-state index in [1.807, 2.05) is 13.8 Å². The van der Waals surface area contributed by atoms with Gasteiger partial charge in [-0.15, -0.1) is 0 Å². The van der Waals surface area contributed by atoms with Gasteiger partial charge in [0.1, 0.15) is 0 Å². The number of alkyl halides is 3. The van der Waals surface area contributed by atoms with Gasteiger partial charge in [-0.2, -0.15) is 18.2 Å². The number of halogens is 3. The van der Waals surface area contributed by atoms with E-state index in [1.54, 1.807) is 0 Å². The summed E-state index contributed by atoms with van der Waals surface area (Å²) in [5.41, 5.74) is 0. The number of hydrogen-bond donors (Lipinski definition) is 0. The molecule has 0 bridgehead atoms. The van der Waals surface area contributed by atoms with E-state index in [0.29, 0.717) is 12.5 Å². The maximum atomic E-state index is 11.9. The molecule has 0 amide bonds. The van der Waals surface area contributed by atoms with Gasteiger partial charge in [0.15, 0.2) is 6.61 Å². The van der Waals surface area contributed by atoms with E-state index < -0.39 is 12.8 Å². The van der Waals surface area contributed by atoms with Crippen LogP contribution in [-0.2, 0) is 0 Å². The molecule has 102 valence electrons. The molecule has 0 saturated carbocycles. The van der Waals surface area contributed by atoms with E-state index in [4.69, 9.17) is 4.74 Å². The van der Waals surface area contributed by atoms with Crippen LogP contribution in [0.3, 0.4) is 0 Å². The molecule has 0 aliphatic heterocycles. The zero-order chi connectivity index (χ0) is 13.6. The molecule has 7 heteroatoms. The number of hydrogen-bond acceptors (Lipinski definition) is 4. The van der Waals surface area contributed by atoms with Crippen LogP contribution in [0.2, 0.25) is 0 Å². The lowest BCUT2D eigenvalue weighted by Gasteiger charge is -2.09. The molecule has 0 unspecified atom stereocenters. The van der Waals surface area contributed by atoms with E-state index in [-0.39, 0.29) is 11.9 Å². The summed E-state index contributed by atoms with van der Waals surface area (Å²) < 4.78 is 45.5. The molecule has 0 aromatic carbocycles. The maximum Gasteiger partial charge on any atom is 0.422 e. The highest BCUT2D eigenvalue weighted by Gasteiger charge is 2.28. The molecule has 1 heterocycles. The Hall–Kier alpha value is -1.53. The Morgan fingerprint density at radius 1 is 1.28 bits per heavy atom. The molecular weight excluding hydrogens is 249 g/mol. The second-order valence-electron chi connectivity index (χ2n) is 4.11. The van der Waals surface area contributed by atoms with Crippen molar-refractivity contribution in [1.82, 2.24) is 9.97 Å². The second-order valence-corrected chi connectivity index (χ2v) is 4.11. The molecule has 0 radical (unpaired) electrons. The Kier molecular flexibility index (Phi) is 5.18. The fourth-order valence-corrected chi connectivity index (χ4v) is 1.02. The molecule has 0 fully saturated rings. The largest absolute Gasteiger partial charge is 0.468 e. The Morgan fingerprint density at radius 3 is 2.61 bits per heavy atom. The van der Waals surface area contributed by atoms with E-state index in [2.05, 4.69) is 14.7 Å². The summed E-state index contributed by atoms with van der Waals surface area (Å²) in [5.74, 6) is 0.316. The zero-order valence-electron chi connectivity index (χ0n) is 10.2. The van der Waals surface area contributed by atoms with Crippen molar-refractivity contribution in [2.75, 3.05) is 13.2 Å². The van der Waals surface area contributed by atoms with Crippen molar-refractivity contribution in [2.45, 2.75) is 26.4 Å². The summed E-state index contributed by atoms with van der Waals surface area (Å²) in [5, 5.41) is 0. The third kappa shape index (κ3) is 6.27. The topological polar surface area (TPSA) is 44.2 Å². The quantitative estimate of drug-likeness (QED) is 0.792. The van der Waals surface area contributed by atoms with Crippen LogP contribution in [0.25, 0.3) is 0 Å². The van der Waals surface area contributed by atoms with E-state index in [1.165, 1.54) is 12.3 Å². The lowest BCUT2D eigenvalue weighted by Crippen LogP contribution is -2.19. The van der Waals surface area contributed by atoms with Crippen molar-refractivity contribution in [3.05, 3.63) is 12.3 Å². The lowest BCUT2D eigenvalue weighted by molar-refractivity contribution is -0.154. The molecule has 0 N–H and O–H groups in total. The van der Waals surface area contributed by atoms with E-state index >= 15 is 0 Å². The van der Waals surface area contributed by atoms with Crippen molar-refractivity contribution in [1.29, 1.82) is 0 Å². The van der Waals surface area contributed by atoms with Gasteiger partial charge in [0.2, 0.25) is 5.88 Å². The standard InChI is InChI=1S/C11H15F3N2O2/c1-8(2)4-6-17-10-15-5-3-9(16-10)18-7-11(12,13)14/h3,5,8H,4,6-7H2,1-2H3. The first-order valence-electron chi connectivity index (χ1n) is 5.52. The Labute approximate surface area is 103 Å². The van der Waals surface area contributed by atoms with Crippen molar-refractivity contribution in [2.24, 2.45) is 5.92 Å². The van der Waals surface area contributed by atoms with Gasteiger partial charge in [-0.3, -0.25) is 0 Å². The molecule has 0 aliphatic rings. The van der Waals surface area contributed by atoms with Gasteiger partial charge in [0, 0.05) is 12.3 Å². The minimum atomic E-state index is -4.39. The summed E-state index contributed by atoms with van der Waals surface area (Å²) in [4.78, 5) is 7.50. The first kappa shape index (κ1) is 14.5. The molecule has 18 heavy (non-hydrogen) atoms. The average molecular weight is 264 g/mol. The maximum absolute atomic E-state index is 11.9. The average Bonchev–Trinajstić information content (AvgIpc) is 2.26. The number of nitrogens with zero attached hydrogens (tertiary/aromatic N) is 2. The fourth-order valence-electron chi connectivity index (χ4n) is 1.02.